The molecule has 0 atom stereocenters. The summed E-state index contributed by atoms with van der Waals surface area (Å²) in [6.07, 6.45) is 0. The van der Waals surface area contributed by atoms with Crippen molar-refractivity contribution in [1.82, 2.24) is 4.72 Å². The van der Waals surface area contributed by atoms with E-state index in [2.05, 4.69) is 16.1 Å². The molecule has 6 heteroatoms. The predicted molar refractivity (Wildman–Crippen MR) is 71.8 cm³/mol. The van der Waals surface area contributed by atoms with Crippen molar-refractivity contribution in [3.05, 3.63) is 29.3 Å². The quantitative estimate of drug-likeness (QED) is 0.812. The Morgan fingerprint density at radius 3 is 2.72 bits per heavy atom. The van der Waals surface area contributed by atoms with Gasteiger partial charge in [0.05, 0.1) is 17.0 Å². The molecule has 0 saturated carbocycles. The molecule has 5 nitrogen and oxygen atoms in total. The van der Waals surface area contributed by atoms with Gasteiger partial charge in [-0.25, -0.2) is 13.1 Å². The van der Waals surface area contributed by atoms with Crippen LogP contribution in [0.3, 0.4) is 0 Å². The van der Waals surface area contributed by atoms with Gasteiger partial charge in [-0.3, -0.25) is 0 Å². The lowest BCUT2D eigenvalue weighted by Gasteiger charge is -2.09. The molecule has 1 aromatic rings. The Bertz CT molecular complexity index is 547. The van der Waals surface area contributed by atoms with E-state index < -0.39 is 10.0 Å². The molecule has 0 aliphatic carbocycles. The number of anilines is 1. The van der Waals surface area contributed by atoms with Crippen molar-refractivity contribution in [2.75, 3.05) is 24.2 Å². The highest BCUT2D eigenvalue weighted by Crippen LogP contribution is 2.16. The Kier molecular flexibility index (Phi) is 5.13. The summed E-state index contributed by atoms with van der Waals surface area (Å²) < 4.78 is 25.3. The molecule has 0 aliphatic rings. The fourth-order valence-corrected chi connectivity index (χ4v) is 2.47. The summed E-state index contributed by atoms with van der Waals surface area (Å²) in [6, 6.07) is 7.46. The molecule has 1 rings (SSSR count). The highest BCUT2D eigenvalue weighted by Gasteiger charge is 2.08. The summed E-state index contributed by atoms with van der Waals surface area (Å²) in [5, 5.41) is 11.9. The van der Waals surface area contributed by atoms with Gasteiger partial charge < -0.3 is 5.32 Å². The van der Waals surface area contributed by atoms with Crippen LogP contribution < -0.4 is 10.0 Å². The van der Waals surface area contributed by atoms with E-state index in [1.807, 2.05) is 19.1 Å². The number of hydrogen-bond donors (Lipinski definition) is 2. The molecule has 0 radical (unpaired) electrons. The van der Waals surface area contributed by atoms with E-state index in [-0.39, 0.29) is 12.3 Å². The van der Waals surface area contributed by atoms with Crippen LogP contribution in [0.25, 0.3) is 0 Å². The van der Waals surface area contributed by atoms with E-state index in [9.17, 15) is 8.42 Å². The lowest BCUT2D eigenvalue weighted by molar-refractivity contribution is 0.584. The SMILES string of the molecule is CCNS(=O)(=O)CCNc1cc(C)ccc1C#N. The van der Waals surface area contributed by atoms with E-state index in [4.69, 9.17) is 5.26 Å². The van der Waals surface area contributed by atoms with Crippen molar-refractivity contribution >= 4 is 15.7 Å². The van der Waals surface area contributed by atoms with E-state index in [1.165, 1.54) is 0 Å². The molecular weight excluding hydrogens is 250 g/mol. The zero-order valence-electron chi connectivity index (χ0n) is 10.5. The first-order chi connectivity index (χ1) is 8.48. The van der Waals surface area contributed by atoms with E-state index in [0.29, 0.717) is 17.8 Å². The highest BCUT2D eigenvalue weighted by atomic mass is 32.2. The predicted octanol–water partition coefficient (Wildman–Crippen LogP) is 1.22. The Hall–Kier alpha value is -1.58. The number of rotatable bonds is 6. The minimum atomic E-state index is -3.23. The van der Waals surface area contributed by atoms with Crippen LogP contribution >= 0.6 is 0 Å². The van der Waals surface area contributed by atoms with Gasteiger partial charge in [0.1, 0.15) is 6.07 Å². The first kappa shape index (κ1) is 14.5. The Morgan fingerprint density at radius 1 is 1.39 bits per heavy atom. The van der Waals surface area contributed by atoms with Gasteiger partial charge in [0.25, 0.3) is 0 Å². The maximum Gasteiger partial charge on any atom is 0.213 e. The third-order valence-electron chi connectivity index (χ3n) is 2.35. The van der Waals surface area contributed by atoms with Crippen LogP contribution in [0.5, 0.6) is 0 Å². The molecule has 0 heterocycles. The number of aryl methyl sites for hydroxylation is 1. The number of hydrogen-bond acceptors (Lipinski definition) is 4. The lowest BCUT2D eigenvalue weighted by Crippen LogP contribution is -2.29. The first-order valence-corrected chi connectivity index (χ1v) is 7.35. The van der Waals surface area contributed by atoms with Gasteiger partial charge in [-0.1, -0.05) is 13.0 Å². The molecule has 0 unspecified atom stereocenters. The van der Waals surface area contributed by atoms with Crippen molar-refractivity contribution in [3.63, 3.8) is 0 Å². The minimum Gasteiger partial charge on any atom is -0.383 e. The van der Waals surface area contributed by atoms with E-state index in [1.54, 1.807) is 13.0 Å². The van der Waals surface area contributed by atoms with Gasteiger partial charge in [0.15, 0.2) is 0 Å². The fourth-order valence-electron chi connectivity index (χ4n) is 1.51. The Morgan fingerprint density at radius 2 is 2.11 bits per heavy atom. The van der Waals surface area contributed by atoms with Crippen LogP contribution in [0.1, 0.15) is 18.1 Å². The fraction of sp³-hybridized carbons (Fsp3) is 0.417. The summed E-state index contributed by atoms with van der Waals surface area (Å²) >= 11 is 0. The summed E-state index contributed by atoms with van der Waals surface area (Å²) in [4.78, 5) is 0. The van der Waals surface area contributed by atoms with Crippen molar-refractivity contribution in [3.8, 4) is 6.07 Å². The molecule has 0 saturated heterocycles. The van der Waals surface area contributed by atoms with Crippen LogP contribution in [0.2, 0.25) is 0 Å². The van der Waals surface area contributed by atoms with Crippen LogP contribution in [0.4, 0.5) is 5.69 Å². The topological polar surface area (TPSA) is 82.0 Å². The summed E-state index contributed by atoms with van der Waals surface area (Å²) in [5.74, 6) is -0.0142. The highest BCUT2D eigenvalue weighted by molar-refractivity contribution is 7.89. The molecule has 18 heavy (non-hydrogen) atoms. The van der Waals surface area contributed by atoms with Crippen LogP contribution in [0, 0.1) is 18.3 Å². The van der Waals surface area contributed by atoms with Gasteiger partial charge in [-0.2, -0.15) is 5.26 Å². The molecule has 0 amide bonds. The molecule has 0 aromatic heterocycles. The van der Waals surface area contributed by atoms with Gasteiger partial charge in [-0.05, 0) is 24.6 Å². The smallest absolute Gasteiger partial charge is 0.213 e. The Labute approximate surface area is 108 Å². The monoisotopic (exact) mass is 267 g/mol. The molecule has 1 aromatic carbocycles. The zero-order valence-corrected chi connectivity index (χ0v) is 11.3. The molecule has 2 N–H and O–H groups in total. The largest absolute Gasteiger partial charge is 0.383 e. The number of benzene rings is 1. The number of nitrogens with zero attached hydrogens (tertiary/aromatic N) is 1. The van der Waals surface area contributed by atoms with Crippen molar-refractivity contribution in [1.29, 1.82) is 5.26 Å². The van der Waals surface area contributed by atoms with Gasteiger partial charge >= 0.3 is 0 Å². The number of nitrogens with one attached hydrogen (secondary N) is 2. The second-order valence-corrected chi connectivity index (χ2v) is 5.83. The van der Waals surface area contributed by atoms with Gasteiger partial charge in [-0.15, -0.1) is 0 Å². The maximum atomic E-state index is 11.4. The number of nitriles is 1. The standard InChI is InChI=1S/C12H17N3O2S/c1-3-15-18(16,17)7-6-14-12-8-10(2)4-5-11(12)9-13/h4-5,8,14-15H,3,6-7H2,1-2H3. The third kappa shape index (κ3) is 4.35. The average molecular weight is 267 g/mol. The normalized spacial score (nSPS) is 10.9. The third-order valence-corrected chi connectivity index (χ3v) is 3.82. The molecule has 0 fully saturated rings. The second-order valence-electron chi connectivity index (χ2n) is 3.90. The van der Waals surface area contributed by atoms with Gasteiger partial charge in [0.2, 0.25) is 10.0 Å². The maximum absolute atomic E-state index is 11.4. The van der Waals surface area contributed by atoms with Crippen LogP contribution in [-0.4, -0.2) is 27.3 Å². The minimum absolute atomic E-state index is 0.0142. The van der Waals surface area contributed by atoms with Crippen molar-refractivity contribution < 1.29 is 8.42 Å². The molecular formula is C12H17N3O2S. The summed E-state index contributed by atoms with van der Waals surface area (Å²) in [5.41, 5.74) is 2.21. The summed E-state index contributed by atoms with van der Waals surface area (Å²) in [6.45, 7) is 4.31. The van der Waals surface area contributed by atoms with Crippen molar-refractivity contribution in [2.24, 2.45) is 0 Å². The first-order valence-electron chi connectivity index (χ1n) is 5.70. The second kappa shape index (κ2) is 6.38. The van der Waals surface area contributed by atoms with E-state index >= 15 is 0 Å². The number of sulfonamides is 1. The van der Waals surface area contributed by atoms with Crippen LogP contribution in [-0.2, 0) is 10.0 Å². The molecule has 0 bridgehead atoms. The zero-order chi connectivity index (χ0) is 13.6. The molecule has 0 spiro atoms. The van der Waals surface area contributed by atoms with Crippen LogP contribution in [0.15, 0.2) is 18.2 Å². The molecule has 0 aliphatic heterocycles. The van der Waals surface area contributed by atoms with E-state index in [0.717, 1.165) is 5.56 Å². The summed E-state index contributed by atoms with van der Waals surface area (Å²) in [7, 11) is -3.23. The lowest BCUT2D eigenvalue weighted by atomic mass is 10.1. The Balaban J connectivity index is 2.65. The van der Waals surface area contributed by atoms with Gasteiger partial charge in [0, 0.05) is 13.1 Å². The van der Waals surface area contributed by atoms with Crippen molar-refractivity contribution in [2.45, 2.75) is 13.8 Å². The average Bonchev–Trinajstić information content (AvgIpc) is 2.29. The molecule has 98 valence electrons.